The van der Waals surface area contributed by atoms with Gasteiger partial charge in [0.2, 0.25) is 0 Å². The number of hydrogen-bond acceptors (Lipinski definition) is 4. The zero-order valence-corrected chi connectivity index (χ0v) is 13.7. The van der Waals surface area contributed by atoms with E-state index in [9.17, 15) is 4.79 Å². The van der Waals surface area contributed by atoms with E-state index in [0.717, 1.165) is 17.7 Å². The third-order valence-electron chi connectivity index (χ3n) is 3.29. The molecule has 0 aliphatic rings. The maximum Gasteiger partial charge on any atom is 0.322 e. The average molecular weight is 293 g/mol. The first-order valence-electron chi connectivity index (χ1n) is 7.45. The van der Waals surface area contributed by atoms with Crippen LogP contribution in [-0.2, 0) is 9.53 Å². The standard InChI is InChI=1S/C17H27NO3/c1-12(2)10-15(17(19)20-5)18-8-9-21-16-11-13(3)6-7-14(16)4/h6-7,11-12,15,18H,8-10H2,1-5H3. The van der Waals surface area contributed by atoms with Gasteiger partial charge in [0.1, 0.15) is 18.4 Å². The first kappa shape index (κ1) is 17.5. The number of hydrogen-bond donors (Lipinski definition) is 1. The Kier molecular flexibility index (Phi) is 7.23. The average Bonchev–Trinajstić information content (AvgIpc) is 2.44. The normalized spacial score (nSPS) is 12.3. The van der Waals surface area contributed by atoms with Crippen molar-refractivity contribution in [2.24, 2.45) is 5.92 Å². The fourth-order valence-electron chi connectivity index (χ4n) is 2.13. The van der Waals surface area contributed by atoms with E-state index in [1.165, 1.54) is 12.7 Å². The number of methoxy groups -OCH3 is 1. The van der Waals surface area contributed by atoms with E-state index < -0.39 is 0 Å². The Balaban J connectivity index is 2.43. The molecule has 1 unspecified atom stereocenters. The minimum atomic E-state index is -0.266. The van der Waals surface area contributed by atoms with E-state index >= 15 is 0 Å². The van der Waals surface area contributed by atoms with E-state index in [1.54, 1.807) is 0 Å². The van der Waals surface area contributed by atoms with Crippen LogP contribution in [0.25, 0.3) is 0 Å². The van der Waals surface area contributed by atoms with Gasteiger partial charge in [-0.15, -0.1) is 0 Å². The van der Waals surface area contributed by atoms with Crippen LogP contribution in [0, 0.1) is 19.8 Å². The fraction of sp³-hybridized carbons (Fsp3) is 0.588. The minimum absolute atomic E-state index is 0.213. The van der Waals surface area contributed by atoms with Gasteiger partial charge in [0.25, 0.3) is 0 Å². The maximum atomic E-state index is 11.7. The quantitative estimate of drug-likeness (QED) is 0.591. The molecule has 1 aromatic rings. The van der Waals surface area contributed by atoms with Gasteiger partial charge in [0, 0.05) is 6.54 Å². The largest absolute Gasteiger partial charge is 0.492 e. The molecule has 1 atom stereocenters. The lowest BCUT2D eigenvalue weighted by Gasteiger charge is -2.18. The lowest BCUT2D eigenvalue weighted by atomic mass is 10.0. The molecule has 0 saturated heterocycles. The predicted octanol–water partition coefficient (Wildman–Crippen LogP) is 2.86. The Labute approximate surface area is 127 Å². The number of aryl methyl sites for hydroxylation is 2. The van der Waals surface area contributed by atoms with Crippen LogP contribution in [0.1, 0.15) is 31.4 Å². The number of carbonyl (C=O) groups excluding carboxylic acids is 1. The predicted molar refractivity (Wildman–Crippen MR) is 84.7 cm³/mol. The summed E-state index contributed by atoms with van der Waals surface area (Å²) >= 11 is 0. The molecule has 0 aliphatic carbocycles. The van der Waals surface area contributed by atoms with Crippen LogP contribution in [0.4, 0.5) is 0 Å². The highest BCUT2D eigenvalue weighted by Gasteiger charge is 2.19. The molecule has 0 fully saturated rings. The van der Waals surface area contributed by atoms with Gasteiger partial charge in [0.05, 0.1) is 7.11 Å². The smallest absolute Gasteiger partial charge is 0.322 e. The van der Waals surface area contributed by atoms with Crippen LogP contribution in [-0.4, -0.2) is 32.3 Å². The maximum absolute atomic E-state index is 11.7. The van der Waals surface area contributed by atoms with Gasteiger partial charge in [-0.3, -0.25) is 4.79 Å². The van der Waals surface area contributed by atoms with E-state index in [0.29, 0.717) is 19.1 Å². The molecule has 0 radical (unpaired) electrons. The monoisotopic (exact) mass is 293 g/mol. The second kappa shape index (κ2) is 8.67. The minimum Gasteiger partial charge on any atom is -0.492 e. The molecule has 0 aromatic heterocycles. The molecular weight excluding hydrogens is 266 g/mol. The van der Waals surface area contributed by atoms with E-state index in [-0.39, 0.29) is 12.0 Å². The molecule has 21 heavy (non-hydrogen) atoms. The molecule has 0 bridgehead atoms. The summed E-state index contributed by atoms with van der Waals surface area (Å²) < 4.78 is 10.6. The van der Waals surface area contributed by atoms with Crippen molar-refractivity contribution in [1.82, 2.24) is 5.32 Å². The van der Waals surface area contributed by atoms with Crippen molar-refractivity contribution in [2.75, 3.05) is 20.3 Å². The summed E-state index contributed by atoms with van der Waals surface area (Å²) in [5, 5.41) is 3.21. The summed E-state index contributed by atoms with van der Waals surface area (Å²) in [7, 11) is 1.42. The van der Waals surface area contributed by atoms with Crippen LogP contribution >= 0.6 is 0 Å². The number of rotatable bonds is 8. The lowest BCUT2D eigenvalue weighted by molar-refractivity contribution is -0.143. The molecule has 0 spiro atoms. The van der Waals surface area contributed by atoms with Crippen molar-refractivity contribution in [1.29, 1.82) is 0 Å². The molecule has 0 heterocycles. The Bertz CT molecular complexity index is 457. The van der Waals surface area contributed by atoms with Crippen LogP contribution in [0.15, 0.2) is 18.2 Å². The van der Waals surface area contributed by atoms with Gasteiger partial charge >= 0.3 is 5.97 Å². The Morgan fingerprint density at radius 1 is 1.29 bits per heavy atom. The molecular formula is C17H27NO3. The molecule has 118 valence electrons. The number of carbonyl (C=O) groups is 1. The molecule has 0 saturated carbocycles. The van der Waals surface area contributed by atoms with Gasteiger partial charge in [0.15, 0.2) is 0 Å². The van der Waals surface area contributed by atoms with Gasteiger partial charge in [-0.2, -0.15) is 0 Å². The number of esters is 1. The van der Waals surface area contributed by atoms with Crippen LogP contribution < -0.4 is 10.1 Å². The first-order chi connectivity index (χ1) is 9.93. The van der Waals surface area contributed by atoms with Crippen LogP contribution in [0.5, 0.6) is 5.75 Å². The van der Waals surface area contributed by atoms with Gasteiger partial charge in [-0.25, -0.2) is 0 Å². The van der Waals surface area contributed by atoms with Crippen molar-refractivity contribution < 1.29 is 14.3 Å². The topological polar surface area (TPSA) is 47.6 Å². The molecule has 0 aliphatic heterocycles. The lowest BCUT2D eigenvalue weighted by Crippen LogP contribution is -2.40. The Morgan fingerprint density at radius 2 is 2.00 bits per heavy atom. The van der Waals surface area contributed by atoms with Crippen LogP contribution in [0.3, 0.4) is 0 Å². The molecule has 4 heteroatoms. The third-order valence-corrected chi connectivity index (χ3v) is 3.29. The third kappa shape index (κ3) is 6.17. The number of nitrogens with one attached hydrogen (secondary N) is 1. The van der Waals surface area contributed by atoms with Crippen LogP contribution in [0.2, 0.25) is 0 Å². The van der Waals surface area contributed by atoms with Crippen molar-refractivity contribution in [3.05, 3.63) is 29.3 Å². The molecule has 4 nitrogen and oxygen atoms in total. The Morgan fingerprint density at radius 3 is 2.62 bits per heavy atom. The van der Waals surface area contributed by atoms with Gasteiger partial charge in [-0.1, -0.05) is 26.0 Å². The summed E-state index contributed by atoms with van der Waals surface area (Å²) in [6.07, 6.45) is 0.760. The summed E-state index contributed by atoms with van der Waals surface area (Å²) in [5.74, 6) is 1.12. The van der Waals surface area contributed by atoms with Crippen molar-refractivity contribution in [3.8, 4) is 5.75 Å². The Hall–Kier alpha value is -1.55. The van der Waals surface area contributed by atoms with Crippen molar-refractivity contribution in [3.63, 3.8) is 0 Å². The molecule has 0 amide bonds. The summed E-state index contributed by atoms with van der Waals surface area (Å²) in [4.78, 5) is 11.7. The van der Waals surface area contributed by atoms with Gasteiger partial charge in [-0.05, 0) is 43.4 Å². The van der Waals surface area contributed by atoms with E-state index in [2.05, 4.69) is 25.2 Å². The second-order valence-electron chi connectivity index (χ2n) is 5.78. The SMILES string of the molecule is COC(=O)C(CC(C)C)NCCOc1cc(C)ccc1C. The zero-order chi connectivity index (χ0) is 15.8. The molecule has 1 N–H and O–H groups in total. The second-order valence-corrected chi connectivity index (χ2v) is 5.78. The molecule has 1 rings (SSSR count). The highest BCUT2D eigenvalue weighted by atomic mass is 16.5. The summed E-state index contributed by atoms with van der Waals surface area (Å²) in [6, 6.07) is 5.88. The van der Waals surface area contributed by atoms with Crippen molar-refractivity contribution in [2.45, 2.75) is 40.2 Å². The van der Waals surface area contributed by atoms with Crippen molar-refractivity contribution >= 4 is 5.97 Å². The summed E-state index contributed by atoms with van der Waals surface area (Å²) in [5.41, 5.74) is 2.29. The highest BCUT2D eigenvalue weighted by molar-refractivity contribution is 5.75. The summed E-state index contributed by atoms with van der Waals surface area (Å²) in [6.45, 7) is 9.38. The first-order valence-corrected chi connectivity index (χ1v) is 7.45. The number of benzene rings is 1. The van der Waals surface area contributed by atoms with E-state index in [4.69, 9.17) is 9.47 Å². The zero-order valence-electron chi connectivity index (χ0n) is 13.7. The highest BCUT2D eigenvalue weighted by Crippen LogP contribution is 2.18. The van der Waals surface area contributed by atoms with E-state index in [1.807, 2.05) is 26.0 Å². The van der Waals surface area contributed by atoms with Gasteiger partial charge < -0.3 is 14.8 Å². The molecule has 1 aromatic carbocycles. The number of ether oxygens (including phenoxy) is 2. The fourth-order valence-corrected chi connectivity index (χ4v) is 2.13.